The van der Waals surface area contributed by atoms with Crippen LogP contribution in [0, 0.1) is 5.92 Å². The zero-order valence-corrected chi connectivity index (χ0v) is 10.4. The first-order chi connectivity index (χ1) is 7.56. The van der Waals surface area contributed by atoms with E-state index in [9.17, 15) is 0 Å². The maximum atomic E-state index is 5.90. The van der Waals surface area contributed by atoms with E-state index in [1.54, 1.807) is 6.07 Å². The summed E-state index contributed by atoms with van der Waals surface area (Å²) in [5.41, 5.74) is 5.61. The van der Waals surface area contributed by atoms with Crippen molar-refractivity contribution >= 4 is 23.4 Å². The predicted molar refractivity (Wildman–Crippen MR) is 66.7 cm³/mol. The van der Waals surface area contributed by atoms with Crippen LogP contribution in [0.4, 0.5) is 11.8 Å². The van der Waals surface area contributed by atoms with Gasteiger partial charge >= 0.3 is 0 Å². The van der Waals surface area contributed by atoms with Crippen molar-refractivity contribution < 1.29 is 0 Å². The molecule has 1 saturated heterocycles. The molecule has 88 valence electrons. The highest BCUT2D eigenvalue weighted by Gasteiger charge is 2.24. The molecule has 1 aliphatic rings. The summed E-state index contributed by atoms with van der Waals surface area (Å²) >= 11 is 5.90. The van der Waals surface area contributed by atoms with Crippen molar-refractivity contribution in [3.05, 3.63) is 11.2 Å². The third kappa shape index (κ3) is 2.38. The second-order valence-electron chi connectivity index (χ2n) is 4.59. The molecule has 1 aromatic rings. The van der Waals surface area contributed by atoms with Crippen molar-refractivity contribution in [2.45, 2.75) is 32.7 Å². The highest BCUT2D eigenvalue weighted by molar-refractivity contribution is 6.29. The molecule has 1 aliphatic heterocycles. The summed E-state index contributed by atoms with van der Waals surface area (Å²) in [6.07, 6.45) is 2.45. The van der Waals surface area contributed by atoms with Crippen LogP contribution in [0.1, 0.15) is 26.7 Å². The molecular weight excluding hydrogens is 224 g/mol. The molecule has 2 unspecified atom stereocenters. The normalized spacial score (nSPS) is 25.8. The molecule has 1 aromatic heterocycles. The van der Waals surface area contributed by atoms with Gasteiger partial charge in [-0.1, -0.05) is 18.5 Å². The van der Waals surface area contributed by atoms with Crippen molar-refractivity contribution in [2.24, 2.45) is 5.92 Å². The molecule has 0 aromatic carbocycles. The molecule has 2 N–H and O–H groups in total. The second kappa shape index (κ2) is 4.45. The number of hydrogen-bond acceptors (Lipinski definition) is 4. The first-order valence-electron chi connectivity index (χ1n) is 5.63. The van der Waals surface area contributed by atoms with E-state index in [0.29, 0.717) is 17.1 Å². The lowest BCUT2D eigenvalue weighted by atomic mass is 9.95. The van der Waals surface area contributed by atoms with E-state index >= 15 is 0 Å². The second-order valence-corrected chi connectivity index (χ2v) is 4.98. The van der Waals surface area contributed by atoms with E-state index in [-0.39, 0.29) is 5.95 Å². The highest BCUT2D eigenvalue weighted by Crippen LogP contribution is 2.27. The smallest absolute Gasteiger partial charge is 0.223 e. The van der Waals surface area contributed by atoms with E-state index in [0.717, 1.165) is 12.4 Å². The number of rotatable bonds is 1. The monoisotopic (exact) mass is 240 g/mol. The topological polar surface area (TPSA) is 55.0 Å². The molecule has 0 spiro atoms. The Morgan fingerprint density at radius 2 is 2.12 bits per heavy atom. The lowest BCUT2D eigenvalue weighted by Crippen LogP contribution is -2.41. The molecule has 2 heterocycles. The number of nitrogen functional groups attached to an aromatic ring is 1. The molecule has 2 rings (SSSR count). The summed E-state index contributed by atoms with van der Waals surface area (Å²) in [5, 5.41) is 0.410. The van der Waals surface area contributed by atoms with Gasteiger partial charge in [0.2, 0.25) is 5.95 Å². The van der Waals surface area contributed by atoms with Gasteiger partial charge in [-0.15, -0.1) is 0 Å². The summed E-state index contributed by atoms with van der Waals surface area (Å²) in [4.78, 5) is 10.4. The Kier molecular flexibility index (Phi) is 3.19. The predicted octanol–water partition coefficient (Wildman–Crippen LogP) is 2.34. The number of aromatic nitrogens is 2. The first-order valence-corrected chi connectivity index (χ1v) is 6.00. The SMILES string of the molecule is CC1CCC(C)N(c2cc(Cl)nc(N)n2)C1. The van der Waals surface area contributed by atoms with Crippen LogP contribution in [0.5, 0.6) is 0 Å². The third-order valence-corrected chi connectivity index (χ3v) is 3.30. The molecule has 0 radical (unpaired) electrons. The largest absolute Gasteiger partial charge is 0.368 e. The summed E-state index contributed by atoms with van der Waals surface area (Å²) in [6.45, 7) is 5.47. The van der Waals surface area contributed by atoms with Crippen LogP contribution >= 0.6 is 11.6 Å². The van der Waals surface area contributed by atoms with Crippen LogP contribution in [-0.2, 0) is 0 Å². The van der Waals surface area contributed by atoms with Crippen LogP contribution in [0.3, 0.4) is 0 Å². The maximum Gasteiger partial charge on any atom is 0.223 e. The fourth-order valence-corrected chi connectivity index (χ4v) is 2.36. The average Bonchev–Trinajstić information content (AvgIpc) is 2.20. The number of nitrogens with zero attached hydrogens (tertiary/aromatic N) is 3. The summed E-state index contributed by atoms with van der Waals surface area (Å²) < 4.78 is 0. The molecule has 16 heavy (non-hydrogen) atoms. The molecular formula is C11H17ClN4. The van der Waals surface area contributed by atoms with Gasteiger partial charge in [-0.3, -0.25) is 0 Å². The summed E-state index contributed by atoms with van der Waals surface area (Å²) in [7, 11) is 0. The number of nitrogens with two attached hydrogens (primary N) is 1. The Hall–Kier alpha value is -1.03. The summed E-state index contributed by atoms with van der Waals surface area (Å²) in [5.74, 6) is 1.77. The van der Waals surface area contributed by atoms with Gasteiger partial charge in [0.05, 0.1) is 0 Å². The van der Waals surface area contributed by atoms with Crippen LogP contribution in [-0.4, -0.2) is 22.6 Å². The minimum absolute atomic E-state index is 0.243. The summed E-state index contributed by atoms with van der Waals surface area (Å²) in [6, 6.07) is 2.27. The van der Waals surface area contributed by atoms with Gasteiger partial charge in [0.25, 0.3) is 0 Å². The third-order valence-electron chi connectivity index (χ3n) is 3.11. The van der Waals surface area contributed by atoms with E-state index in [1.807, 2.05) is 0 Å². The van der Waals surface area contributed by atoms with E-state index in [4.69, 9.17) is 17.3 Å². The fraction of sp³-hybridized carbons (Fsp3) is 0.636. The minimum Gasteiger partial charge on any atom is -0.368 e. The standard InChI is InChI=1S/C11H17ClN4/c1-7-3-4-8(2)16(6-7)10-5-9(12)14-11(13)15-10/h5,7-8H,3-4,6H2,1-2H3,(H2,13,14,15). The van der Waals surface area contributed by atoms with Crippen LogP contribution in [0.25, 0.3) is 0 Å². The molecule has 0 amide bonds. The van der Waals surface area contributed by atoms with Crippen molar-refractivity contribution in [2.75, 3.05) is 17.2 Å². The van der Waals surface area contributed by atoms with Crippen molar-refractivity contribution in [3.8, 4) is 0 Å². The zero-order chi connectivity index (χ0) is 11.7. The van der Waals surface area contributed by atoms with Gasteiger partial charge in [0.15, 0.2) is 0 Å². The Labute approximate surface area is 101 Å². The Morgan fingerprint density at radius 3 is 2.81 bits per heavy atom. The Morgan fingerprint density at radius 1 is 1.38 bits per heavy atom. The minimum atomic E-state index is 0.243. The fourth-order valence-electron chi connectivity index (χ4n) is 2.18. The molecule has 2 atom stereocenters. The lowest BCUT2D eigenvalue weighted by Gasteiger charge is -2.37. The van der Waals surface area contributed by atoms with Crippen molar-refractivity contribution in [1.29, 1.82) is 0 Å². The number of piperidine rings is 1. The molecule has 5 heteroatoms. The number of anilines is 2. The van der Waals surface area contributed by atoms with Crippen LogP contribution in [0.2, 0.25) is 5.15 Å². The maximum absolute atomic E-state index is 5.90. The van der Waals surface area contributed by atoms with Crippen molar-refractivity contribution in [3.63, 3.8) is 0 Å². The van der Waals surface area contributed by atoms with E-state index < -0.39 is 0 Å². The van der Waals surface area contributed by atoms with Gasteiger partial charge in [0, 0.05) is 18.7 Å². The van der Waals surface area contributed by atoms with Gasteiger partial charge in [-0.05, 0) is 25.7 Å². The van der Waals surface area contributed by atoms with Crippen LogP contribution in [0.15, 0.2) is 6.07 Å². The number of hydrogen-bond donors (Lipinski definition) is 1. The molecule has 0 saturated carbocycles. The Balaban J connectivity index is 2.27. The first kappa shape index (κ1) is 11.5. The van der Waals surface area contributed by atoms with Gasteiger partial charge in [-0.25, -0.2) is 4.98 Å². The average molecular weight is 241 g/mol. The highest BCUT2D eigenvalue weighted by atomic mass is 35.5. The molecule has 0 bridgehead atoms. The Bertz CT molecular complexity index is 362. The van der Waals surface area contributed by atoms with E-state index in [2.05, 4.69) is 28.7 Å². The molecule has 1 fully saturated rings. The van der Waals surface area contributed by atoms with Crippen molar-refractivity contribution in [1.82, 2.24) is 9.97 Å². The molecule has 0 aliphatic carbocycles. The van der Waals surface area contributed by atoms with Gasteiger partial charge < -0.3 is 10.6 Å². The molecule has 4 nitrogen and oxygen atoms in total. The lowest BCUT2D eigenvalue weighted by molar-refractivity contribution is 0.388. The van der Waals surface area contributed by atoms with Gasteiger partial charge in [0.1, 0.15) is 11.0 Å². The van der Waals surface area contributed by atoms with Crippen LogP contribution < -0.4 is 10.6 Å². The zero-order valence-electron chi connectivity index (χ0n) is 9.65. The van der Waals surface area contributed by atoms with E-state index in [1.165, 1.54) is 12.8 Å². The quantitative estimate of drug-likeness (QED) is 0.766. The van der Waals surface area contributed by atoms with Gasteiger partial charge in [-0.2, -0.15) is 4.98 Å². The number of halogens is 1.